The predicted octanol–water partition coefficient (Wildman–Crippen LogP) is 2.05. The molecule has 1 aromatic rings. The van der Waals surface area contributed by atoms with Crippen molar-refractivity contribution in [1.82, 2.24) is 5.32 Å². The summed E-state index contributed by atoms with van der Waals surface area (Å²) in [4.78, 5) is 25.6. The second-order valence-corrected chi connectivity index (χ2v) is 7.79. The Bertz CT molecular complexity index is 644. The smallest absolute Gasteiger partial charge is 0.326 e. The monoisotopic (exact) mass is 344 g/mol. The number of quaternary nitrogens is 1. The maximum absolute atomic E-state index is 12.2. The Balaban J connectivity index is 1.46. The molecule has 1 aliphatic heterocycles. The summed E-state index contributed by atoms with van der Waals surface area (Å²) in [5, 5.41) is 5.25. The molecular weight excluding hydrogens is 314 g/mol. The third-order valence-corrected chi connectivity index (χ3v) is 5.78. The summed E-state index contributed by atoms with van der Waals surface area (Å²) in [5.74, 6) is 1.45. The Morgan fingerprint density at radius 2 is 1.88 bits per heavy atom. The number of urea groups is 1. The largest absolute Gasteiger partial charge is 0.327 e. The fourth-order valence-electron chi connectivity index (χ4n) is 4.46. The molecule has 5 nitrogen and oxygen atoms in total. The highest BCUT2D eigenvalue weighted by atomic mass is 16.2. The van der Waals surface area contributed by atoms with Gasteiger partial charge in [-0.1, -0.05) is 30.5 Å². The van der Waals surface area contributed by atoms with Crippen LogP contribution in [0, 0.1) is 25.7 Å². The summed E-state index contributed by atoms with van der Waals surface area (Å²) in [7, 11) is 0. The van der Waals surface area contributed by atoms with Gasteiger partial charge in [0.25, 0.3) is 5.91 Å². The lowest BCUT2D eigenvalue weighted by molar-refractivity contribution is -0.902. The lowest BCUT2D eigenvalue weighted by Gasteiger charge is -2.38. The number of piperidine rings is 1. The molecule has 2 fully saturated rings. The molecule has 1 saturated carbocycles. The van der Waals surface area contributed by atoms with Crippen molar-refractivity contribution in [2.75, 3.05) is 25.0 Å². The van der Waals surface area contributed by atoms with Gasteiger partial charge in [-0.15, -0.1) is 0 Å². The maximum atomic E-state index is 12.2. The third-order valence-electron chi connectivity index (χ3n) is 5.78. The predicted molar refractivity (Wildman–Crippen MR) is 98.7 cm³/mol. The second-order valence-electron chi connectivity index (χ2n) is 7.79. The van der Waals surface area contributed by atoms with Gasteiger partial charge in [0.05, 0.1) is 13.1 Å². The van der Waals surface area contributed by atoms with Crippen molar-refractivity contribution in [2.45, 2.75) is 46.0 Å². The van der Waals surface area contributed by atoms with Gasteiger partial charge in [0.1, 0.15) is 0 Å². The average Bonchev–Trinajstić information content (AvgIpc) is 2.57. The summed E-state index contributed by atoms with van der Waals surface area (Å²) >= 11 is 0. The van der Waals surface area contributed by atoms with Crippen LogP contribution < -0.4 is 15.5 Å². The molecule has 1 aromatic carbocycles. The molecule has 0 aromatic heterocycles. The fourth-order valence-corrected chi connectivity index (χ4v) is 4.46. The number of benzene rings is 1. The van der Waals surface area contributed by atoms with E-state index in [-0.39, 0.29) is 5.91 Å². The van der Waals surface area contributed by atoms with Gasteiger partial charge in [0, 0.05) is 11.6 Å². The number of fused-ring (bicyclic) bond motifs is 1. The first-order valence-corrected chi connectivity index (χ1v) is 9.53. The summed E-state index contributed by atoms with van der Waals surface area (Å²) in [6.45, 7) is 6.48. The normalized spacial score (nSPS) is 25.8. The van der Waals surface area contributed by atoms with Crippen molar-refractivity contribution in [3.05, 3.63) is 29.3 Å². The van der Waals surface area contributed by atoms with Crippen LogP contribution in [0.15, 0.2) is 18.2 Å². The van der Waals surface area contributed by atoms with Gasteiger partial charge >= 0.3 is 6.03 Å². The average molecular weight is 344 g/mol. The minimum absolute atomic E-state index is 0.188. The highest BCUT2D eigenvalue weighted by molar-refractivity contribution is 6.01. The highest BCUT2D eigenvalue weighted by Crippen LogP contribution is 2.32. The molecule has 1 aliphatic carbocycles. The Kier molecular flexibility index (Phi) is 5.74. The molecule has 3 atom stereocenters. The molecule has 1 unspecified atom stereocenters. The quantitative estimate of drug-likeness (QED) is 0.786. The number of imide groups is 1. The Labute approximate surface area is 150 Å². The molecule has 3 N–H and O–H groups in total. The lowest BCUT2D eigenvalue weighted by atomic mass is 9.75. The number of aryl methyl sites for hydroxylation is 2. The number of amides is 3. The van der Waals surface area contributed by atoms with Crippen molar-refractivity contribution in [3.8, 4) is 0 Å². The van der Waals surface area contributed by atoms with Crippen LogP contribution in [-0.2, 0) is 4.79 Å². The van der Waals surface area contributed by atoms with E-state index in [1.807, 2.05) is 32.0 Å². The van der Waals surface area contributed by atoms with E-state index in [2.05, 4.69) is 10.6 Å². The van der Waals surface area contributed by atoms with E-state index in [0.29, 0.717) is 6.54 Å². The van der Waals surface area contributed by atoms with E-state index >= 15 is 0 Å². The van der Waals surface area contributed by atoms with E-state index in [1.165, 1.54) is 37.0 Å². The van der Waals surface area contributed by atoms with Crippen LogP contribution in [0.1, 0.15) is 43.2 Å². The van der Waals surface area contributed by atoms with Gasteiger partial charge in [-0.3, -0.25) is 10.1 Å². The molecule has 2 aliphatic rings. The van der Waals surface area contributed by atoms with Gasteiger partial charge in [-0.25, -0.2) is 4.79 Å². The van der Waals surface area contributed by atoms with Crippen LogP contribution in [0.5, 0.6) is 0 Å². The number of carbonyl (C=O) groups is 2. The number of likely N-dealkylation sites (tertiary alicyclic amines) is 1. The molecule has 5 heteroatoms. The first-order valence-electron chi connectivity index (χ1n) is 9.53. The fraction of sp³-hybridized carbons (Fsp3) is 0.600. The Hall–Kier alpha value is -1.88. The molecule has 0 spiro atoms. The van der Waals surface area contributed by atoms with Crippen LogP contribution in [0.2, 0.25) is 0 Å². The topological polar surface area (TPSA) is 62.6 Å². The minimum atomic E-state index is -0.441. The SMILES string of the molecule is Cc1ccc(NC(=O)NC(=O)C[NH+]2CC[C@@H]3CCCC[C@@H]3C2)c(C)c1. The Morgan fingerprint density at radius 1 is 1.12 bits per heavy atom. The summed E-state index contributed by atoms with van der Waals surface area (Å²) in [6.07, 6.45) is 6.60. The van der Waals surface area contributed by atoms with Crippen LogP contribution in [0.3, 0.4) is 0 Å². The maximum Gasteiger partial charge on any atom is 0.326 e. The van der Waals surface area contributed by atoms with E-state index < -0.39 is 6.03 Å². The van der Waals surface area contributed by atoms with Crippen molar-refractivity contribution >= 4 is 17.6 Å². The first-order chi connectivity index (χ1) is 12.0. The van der Waals surface area contributed by atoms with Crippen molar-refractivity contribution in [3.63, 3.8) is 0 Å². The van der Waals surface area contributed by atoms with Crippen LogP contribution in [-0.4, -0.2) is 31.6 Å². The molecule has 1 saturated heterocycles. The van der Waals surface area contributed by atoms with E-state index in [0.717, 1.165) is 41.7 Å². The zero-order valence-corrected chi connectivity index (χ0v) is 15.4. The summed E-state index contributed by atoms with van der Waals surface area (Å²) in [6, 6.07) is 5.39. The molecule has 0 radical (unpaired) electrons. The molecule has 136 valence electrons. The molecule has 25 heavy (non-hydrogen) atoms. The summed E-state index contributed by atoms with van der Waals surface area (Å²) in [5.41, 5.74) is 2.88. The van der Waals surface area contributed by atoms with Crippen molar-refractivity contribution in [2.24, 2.45) is 11.8 Å². The van der Waals surface area contributed by atoms with Crippen molar-refractivity contribution < 1.29 is 14.5 Å². The zero-order chi connectivity index (χ0) is 17.8. The zero-order valence-electron chi connectivity index (χ0n) is 15.4. The van der Waals surface area contributed by atoms with Crippen LogP contribution >= 0.6 is 0 Å². The molecule has 3 rings (SSSR count). The van der Waals surface area contributed by atoms with Gasteiger partial charge in [-0.2, -0.15) is 0 Å². The molecule has 1 heterocycles. The summed E-state index contributed by atoms with van der Waals surface area (Å²) < 4.78 is 0. The molecule has 3 amide bonds. The highest BCUT2D eigenvalue weighted by Gasteiger charge is 2.34. The van der Waals surface area contributed by atoms with Gasteiger partial charge in [-0.05, 0) is 50.7 Å². The number of carbonyl (C=O) groups excluding carboxylic acids is 2. The lowest BCUT2D eigenvalue weighted by Crippen LogP contribution is -3.15. The number of hydrogen-bond acceptors (Lipinski definition) is 2. The number of anilines is 1. The third kappa shape index (κ3) is 4.82. The van der Waals surface area contributed by atoms with Gasteiger partial charge in [0.2, 0.25) is 0 Å². The molecular formula is C20H30N3O2+. The van der Waals surface area contributed by atoms with Crippen molar-refractivity contribution in [1.29, 1.82) is 0 Å². The number of rotatable bonds is 3. The number of nitrogens with one attached hydrogen (secondary N) is 3. The molecule has 0 bridgehead atoms. The van der Waals surface area contributed by atoms with Gasteiger partial charge < -0.3 is 10.2 Å². The number of hydrogen-bond donors (Lipinski definition) is 3. The van der Waals surface area contributed by atoms with Crippen LogP contribution in [0.25, 0.3) is 0 Å². The van der Waals surface area contributed by atoms with E-state index in [9.17, 15) is 9.59 Å². The first kappa shape index (κ1) is 17.9. The van der Waals surface area contributed by atoms with E-state index in [4.69, 9.17) is 0 Å². The Morgan fingerprint density at radius 3 is 2.64 bits per heavy atom. The minimum Gasteiger partial charge on any atom is -0.327 e. The van der Waals surface area contributed by atoms with Gasteiger partial charge in [0.15, 0.2) is 6.54 Å². The standard InChI is InChI=1S/C20H29N3O2/c1-14-7-8-18(15(2)11-14)21-20(25)22-19(24)13-23-10-9-16-5-3-4-6-17(16)12-23/h7-8,11,16-17H,3-6,9-10,12-13H2,1-2H3,(H2,21,22,24,25)/p+1/t16-,17+/m0/s1. The second kappa shape index (κ2) is 8.00. The van der Waals surface area contributed by atoms with Crippen LogP contribution in [0.4, 0.5) is 10.5 Å². The van der Waals surface area contributed by atoms with E-state index in [1.54, 1.807) is 0 Å².